The van der Waals surface area contributed by atoms with Crippen molar-refractivity contribution in [1.82, 2.24) is 9.88 Å². The molecule has 2 heterocycles. The van der Waals surface area contributed by atoms with Crippen molar-refractivity contribution in [2.75, 3.05) is 4.90 Å². The lowest BCUT2D eigenvalue weighted by Crippen LogP contribution is -2.54. The summed E-state index contributed by atoms with van der Waals surface area (Å²) in [6, 6.07) is 19.3. The summed E-state index contributed by atoms with van der Waals surface area (Å²) in [5, 5.41) is 4.21. The van der Waals surface area contributed by atoms with Crippen LogP contribution in [0.15, 0.2) is 78.5 Å². The zero-order valence-electron chi connectivity index (χ0n) is 19.3. The Morgan fingerprint density at radius 1 is 0.889 bits per heavy atom. The molecule has 1 fully saturated rings. The zero-order chi connectivity index (χ0) is 25.4. The van der Waals surface area contributed by atoms with Crippen LogP contribution in [0.3, 0.4) is 0 Å². The van der Waals surface area contributed by atoms with Crippen molar-refractivity contribution < 1.29 is 14.4 Å². The summed E-state index contributed by atoms with van der Waals surface area (Å²) in [5.74, 6) is -1.42. The Balaban J connectivity index is 1.57. The summed E-state index contributed by atoms with van der Waals surface area (Å²) in [7, 11) is 0. The van der Waals surface area contributed by atoms with Crippen LogP contribution >= 0.6 is 23.2 Å². The summed E-state index contributed by atoms with van der Waals surface area (Å²) < 4.78 is 1.96. The first kappa shape index (κ1) is 23.9. The minimum atomic E-state index is -0.776. The second-order valence-electron chi connectivity index (χ2n) is 8.41. The number of hydrogen-bond acceptors (Lipinski definition) is 3. The Kier molecular flexibility index (Phi) is 6.39. The lowest BCUT2D eigenvalue weighted by Gasteiger charge is -2.26. The smallest absolute Gasteiger partial charge is 0.335 e. The molecule has 4 aromatic rings. The van der Waals surface area contributed by atoms with Gasteiger partial charge in [0, 0.05) is 38.3 Å². The topological polar surface area (TPSA) is 71.4 Å². The van der Waals surface area contributed by atoms with Gasteiger partial charge in [-0.3, -0.25) is 14.9 Å². The first-order valence-corrected chi connectivity index (χ1v) is 12.1. The molecule has 1 saturated heterocycles. The number of rotatable bonds is 5. The van der Waals surface area contributed by atoms with Gasteiger partial charge in [-0.05, 0) is 48.4 Å². The van der Waals surface area contributed by atoms with Crippen molar-refractivity contribution in [3.63, 3.8) is 0 Å². The number of para-hydroxylation sites is 1. The van der Waals surface area contributed by atoms with Gasteiger partial charge < -0.3 is 4.57 Å². The highest BCUT2D eigenvalue weighted by Crippen LogP contribution is 2.30. The third-order valence-corrected chi connectivity index (χ3v) is 6.92. The number of halogens is 2. The lowest BCUT2D eigenvalue weighted by molar-refractivity contribution is -0.122. The molecule has 180 valence electrons. The van der Waals surface area contributed by atoms with Crippen LogP contribution in [-0.2, 0) is 22.6 Å². The molecule has 1 aliphatic heterocycles. The highest BCUT2D eigenvalue weighted by molar-refractivity contribution is 6.39. The van der Waals surface area contributed by atoms with Crippen LogP contribution in [0.4, 0.5) is 10.5 Å². The molecule has 36 heavy (non-hydrogen) atoms. The van der Waals surface area contributed by atoms with Gasteiger partial charge in [-0.1, -0.05) is 66.5 Å². The summed E-state index contributed by atoms with van der Waals surface area (Å²) in [6.45, 7) is 2.42. The molecule has 0 aliphatic carbocycles. The van der Waals surface area contributed by atoms with Gasteiger partial charge in [-0.2, -0.15) is 0 Å². The normalized spacial score (nSPS) is 15.1. The minimum Gasteiger partial charge on any atom is -0.342 e. The van der Waals surface area contributed by atoms with Crippen LogP contribution in [0.25, 0.3) is 17.0 Å². The number of nitrogens with one attached hydrogen (secondary N) is 1. The van der Waals surface area contributed by atoms with E-state index >= 15 is 0 Å². The van der Waals surface area contributed by atoms with Gasteiger partial charge in [0.05, 0.1) is 12.2 Å². The van der Waals surface area contributed by atoms with Gasteiger partial charge in [-0.25, -0.2) is 9.69 Å². The molecule has 0 spiro atoms. The first-order chi connectivity index (χ1) is 17.4. The predicted molar refractivity (Wildman–Crippen MR) is 142 cm³/mol. The first-order valence-electron chi connectivity index (χ1n) is 11.4. The Bertz CT molecular complexity index is 1530. The molecule has 0 bridgehead atoms. The summed E-state index contributed by atoms with van der Waals surface area (Å²) in [5.41, 5.74) is 3.63. The number of fused-ring (bicyclic) bond motifs is 1. The van der Waals surface area contributed by atoms with Gasteiger partial charge in [0.25, 0.3) is 11.8 Å². The van der Waals surface area contributed by atoms with E-state index in [1.165, 1.54) is 6.08 Å². The van der Waals surface area contributed by atoms with E-state index in [4.69, 9.17) is 23.2 Å². The van der Waals surface area contributed by atoms with Crippen LogP contribution in [0.2, 0.25) is 10.0 Å². The fourth-order valence-corrected chi connectivity index (χ4v) is 4.82. The van der Waals surface area contributed by atoms with Crippen molar-refractivity contribution >= 4 is 63.7 Å². The zero-order valence-corrected chi connectivity index (χ0v) is 20.8. The van der Waals surface area contributed by atoms with Crippen molar-refractivity contribution in [3.8, 4) is 0 Å². The average Bonchev–Trinajstić information content (AvgIpc) is 3.21. The maximum absolute atomic E-state index is 13.4. The monoisotopic (exact) mass is 517 g/mol. The Hall–Kier alpha value is -3.87. The molecule has 5 rings (SSSR count). The number of aryl methyl sites for hydroxylation is 1. The molecule has 0 atom stereocenters. The largest absolute Gasteiger partial charge is 0.342 e. The maximum atomic E-state index is 13.4. The molecular formula is C28H21Cl2N3O3. The Morgan fingerprint density at radius 3 is 2.28 bits per heavy atom. The molecular weight excluding hydrogens is 497 g/mol. The average molecular weight is 518 g/mol. The fourth-order valence-electron chi connectivity index (χ4n) is 4.30. The van der Waals surface area contributed by atoms with E-state index in [2.05, 4.69) is 5.32 Å². The number of carbonyl (C=O) groups is 3. The van der Waals surface area contributed by atoms with E-state index < -0.39 is 17.8 Å². The van der Waals surface area contributed by atoms with E-state index in [-0.39, 0.29) is 5.57 Å². The van der Waals surface area contributed by atoms with Gasteiger partial charge in [-0.15, -0.1) is 0 Å². The van der Waals surface area contributed by atoms with Crippen molar-refractivity contribution in [2.45, 2.75) is 19.9 Å². The minimum absolute atomic E-state index is 0.132. The van der Waals surface area contributed by atoms with E-state index in [9.17, 15) is 14.4 Å². The summed E-state index contributed by atoms with van der Waals surface area (Å²) in [6.07, 6.45) is 4.19. The van der Waals surface area contributed by atoms with Crippen LogP contribution in [0.1, 0.15) is 23.6 Å². The molecule has 8 heteroatoms. The van der Waals surface area contributed by atoms with E-state index in [0.29, 0.717) is 27.8 Å². The van der Waals surface area contributed by atoms with Crippen molar-refractivity contribution in [2.24, 2.45) is 0 Å². The third-order valence-electron chi connectivity index (χ3n) is 6.21. The molecule has 4 amide bonds. The van der Waals surface area contributed by atoms with Crippen LogP contribution in [0, 0.1) is 0 Å². The number of barbiturate groups is 1. The Morgan fingerprint density at radius 2 is 1.58 bits per heavy atom. The third kappa shape index (κ3) is 4.30. The van der Waals surface area contributed by atoms with E-state index in [1.54, 1.807) is 30.3 Å². The number of nitrogens with zero attached hydrogens (tertiary/aromatic N) is 2. The van der Waals surface area contributed by atoms with Crippen LogP contribution in [0.5, 0.6) is 0 Å². The van der Waals surface area contributed by atoms with E-state index in [0.717, 1.165) is 33.4 Å². The molecule has 0 radical (unpaired) electrons. The number of imide groups is 2. The Labute approximate surface area is 217 Å². The number of hydrogen-bond donors (Lipinski definition) is 1. The van der Waals surface area contributed by atoms with Gasteiger partial charge in [0.1, 0.15) is 5.57 Å². The summed E-state index contributed by atoms with van der Waals surface area (Å²) in [4.78, 5) is 39.6. The fraction of sp³-hybridized carbons (Fsp3) is 0.107. The standard InChI is InChI=1S/C28H21Cl2N3O3/c1-2-17-10-12-19(13-11-17)33-27(35)21(26(34)31-28(33)36)14-18-15-32(25-9-4-3-6-20(18)25)16-22-23(29)7-5-8-24(22)30/h3-15H,2,16H2,1H3,(H,31,34,36)/b21-14-. The molecule has 1 aliphatic rings. The molecule has 1 N–H and O–H groups in total. The van der Waals surface area contributed by atoms with Gasteiger partial charge in [0.15, 0.2) is 0 Å². The van der Waals surface area contributed by atoms with E-state index in [1.807, 2.05) is 54.1 Å². The second-order valence-corrected chi connectivity index (χ2v) is 9.22. The van der Waals surface area contributed by atoms with Gasteiger partial charge >= 0.3 is 6.03 Å². The van der Waals surface area contributed by atoms with Gasteiger partial charge in [0.2, 0.25) is 0 Å². The number of benzene rings is 3. The molecule has 0 unspecified atom stereocenters. The van der Waals surface area contributed by atoms with Crippen LogP contribution < -0.4 is 10.2 Å². The molecule has 1 aromatic heterocycles. The number of amides is 4. The second kappa shape index (κ2) is 9.64. The quantitative estimate of drug-likeness (QED) is 0.252. The molecule has 0 saturated carbocycles. The van der Waals surface area contributed by atoms with Crippen LogP contribution in [-0.4, -0.2) is 22.4 Å². The predicted octanol–water partition coefficient (Wildman–Crippen LogP) is 6.23. The molecule has 3 aromatic carbocycles. The number of carbonyl (C=O) groups excluding carboxylic acids is 3. The SMILES string of the molecule is CCc1ccc(N2C(=O)NC(=O)/C(=C/c3cn(Cc4c(Cl)cccc4Cl)c4ccccc34)C2=O)cc1. The highest BCUT2D eigenvalue weighted by atomic mass is 35.5. The lowest BCUT2D eigenvalue weighted by atomic mass is 10.1. The summed E-state index contributed by atoms with van der Waals surface area (Å²) >= 11 is 12.8. The van der Waals surface area contributed by atoms with Crippen molar-refractivity contribution in [1.29, 1.82) is 0 Å². The van der Waals surface area contributed by atoms with Crippen molar-refractivity contribution in [3.05, 3.63) is 105 Å². The highest BCUT2D eigenvalue weighted by Gasteiger charge is 2.37. The maximum Gasteiger partial charge on any atom is 0.335 e. The molecule has 6 nitrogen and oxygen atoms in total. The number of aromatic nitrogens is 1. The number of urea groups is 1. The number of anilines is 1.